The van der Waals surface area contributed by atoms with Crippen molar-refractivity contribution in [2.45, 2.75) is 50.6 Å². The van der Waals surface area contributed by atoms with E-state index in [1.165, 1.54) is 0 Å². The van der Waals surface area contributed by atoms with Crippen molar-refractivity contribution >= 4 is 11.9 Å². The SMILES string of the molecule is CCC1CCC(NC(=O)C2COCC2NC)(C(=O)O)CC1. The first-order valence-corrected chi connectivity index (χ1v) is 7.83. The molecule has 1 heterocycles. The summed E-state index contributed by atoms with van der Waals surface area (Å²) in [7, 11) is 1.79. The Morgan fingerprint density at radius 2 is 1.95 bits per heavy atom. The van der Waals surface area contributed by atoms with Crippen LogP contribution in [0.2, 0.25) is 0 Å². The van der Waals surface area contributed by atoms with Crippen molar-refractivity contribution in [1.29, 1.82) is 0 Å². The fourth-order valence-corrected chi connectivity index (χ4v) is 3.40. The van der Waals surface area contributed by atoms with Gasteiger partial charge in [-0.3, -0.25) is 4.79 Å². The molecule has 2 atom stereocenters. The summed E-state index contributed by atoms with van der Waals surface area (Å²) in [6.07, 6.45) is 3.83. The summed E-state index contributed by atoms with van der Waals surface area (Å²) in [5, 5.41) is 15.5. The fraction of sp³-hybridized carbons (Fsp3) is 0.867. The predicted octanol–water partition coefficient (Wildman–Crippen LogP) is 0.761. The molecule has 3 N–H and O–H groups in total. The molecule has 0 radical (unpaired) electrons. The van der Waals surface area contributed by atoms with Gasteiger partial charge in [0.15, 0.2) is 0 Å². The Labute approximate surface area is 125 Å². The normalized spacial score (nSPS) is 36.4. The number of amides is 1. The number of nitrogens with one attached hydrogen (secondary N) is 2. The molecule has 1 aliphatic heterocycles. The Balaban J connectivity index is 2.03. The van der Waals surface area contributed by atoms with Gasteiger partial charge < -0.3 is 20.5 Å². The molecule has 0 aromatic rings. The molecule has 1 saturated heterocycles. The molecule has 2 aliphatic rings. The minimum absolute atomic E-state index is 0.0391. The second kappa shape index (κ2) is 6.75. The molecule has 120 valence electrons. The van der Waals surface area contributed by atoms with E-state index in [9.17, 15) is 14.7 Å². The smallest absolute Gasteiger partial charge is 0.329 e. The van der Waals surface area contributed by atoms with Gasteiger partial charge in [0.1, 0.15) is 5.54 Å². The van der Waals surface area contributed by atoms with Crippen molar-refractivity contribution in [3.05, 3.63) is 0 Å². The Morgan fingerprint density at radius 1 is 1.29 bits per heavy atom. The maximum absolute atomic E-state index is 12.4. The lowest BCUT2D eigenvalue weighted by Gasteiger charge is -2.38. The molecule has 6 nitrogen and oxygen atoms in total. The molecule has 21 heavy (non-hydrogen) atoms. The third-order valence-electron chi connectivity index (χ3n) is 5.10. The average Bonchev–Trinajstić information content (AvgIpc) is 2.96. The Hall–Kier alpha value is -1.14. The van der Waals surface area contributed by atoms with E-state index >= 15 is 0 Å². The standard InChI is InChI=1S/C15H26N2O4/c1-3-10-4-6-15(7-5-10,14(19)20)17-13(18)11-8-21-9-12(11)16-2/h10-12,16H,3-9H2,1-2H3,(H,17,18)(H,19,20). The van der Waals surface area contributed by atoms with Crippen LogP contribution in [0.15, 0.2) is 0 Å². The van der Waals surface area contributed by atoms with Crippen LogP contribution < -0.4 is 10.6 Å². The number of carbonyl (C=O) groups excluding carboxylic acids is 1. The summed E-state index contributed by atoms with van der Waals surface area (Å²) in [5.74, 6) is -0.848. The van der Waals surface area contributed by atoms with Crippen molar-refractivity contribution < 1.29 is 19.4 Å². The van der Waals surface area contributed by atoms with Crippen molar-refractivity contribution in [1.82, 2.24) is 10.6 Å². The third kappa shape index (κ3) is 3.37. The predicted molar refractivity (Wildman–Crippen MR) is 77.9 cm³/mol. The highest BCUT2D eigenvalue weighted by Crippen LogP contribution is 2.34. The Kier molecular flexibility index (Phi) is 5.22. The molecular formula is C15H26N2O4. The zero-order valence-corrected chi connectivity index (χ0v) is 12.9. The van der Waals surface area contributed by atoms with Gasteiger partial charge in [0.2, 0.25) is 5.91 Å². The molecule has 1 saturated carbocycles. The molecule has 1 aliphatic carbocycles. The van der Waals surface area contributed by atoms with E-state index in [2.05, 4.69) is 17.6 Å². The van der Waals surface area contributed by atoms with Gasteiger partial charge in [-0.15, -0.1) is 0 Å². The van der Waals surface area contributed by atoms with E-state index in [-0.39, 0.29) is 17.9 Å². The summed E-state index contributed by atoms with van der Waals surface area (Å²) in [5.41, 5.74) is -1.09. The van der Waals surface area contributed by atoms with Crippen LogP contribution in [0, 0.1) is 11.8 Å². The number of carboxylic acids is 1. The van der Waals surface area contributed by atoms with E-state index in [4.69, 9.17) is 4.74 Å². The van der Waals surface area contributed by atoms with E-state index in [0.717, 1.165) is 19.3 Å². The summed E-state index contributed by atoms with van der Waals surface area (Å²) < 4.78 is 5.33. The topological polar surface area (TPSA) is 87.7 Å². The van der Waals surface area contributed by atoms with Crippen molar-refractivity contribution in [2.24, 2.45) is 11.8 Å². The number of carboxylic acid groups (broad SMARTS) is 1. The van der Waals surface area contributed by atoms with Crippen LogP contribution in [0.3, 0.4) is 0 Å². The van der Waals surface area contributed by atoms with Gasteiger partial charge in [-0.25, -0.2) is 4.79 Å². The lowest BCUT2D eigenvalue weighted by molar-refractivity contribution is -0.150. The summed E-state index contributed by atoms with van der Waals surface area (Å²) in [4.78, 5) is 24.2. The number of rotatable bonds is 5. The highest BCUT2D eigenvalue weighted by Gasteiger charge is 2.45. The molecule has 2 rings (SSSR count). The minimum Gasteiger partial charge on any atom is -0.480 e. The molecule has 6 heteroatoms. The summed E-state index contributed by atoms with van der Waals surface area (Å²) in [6.45, 7) is 2.97. The third-order valence-corrected chi connectivity index (χ3v) is 5.10. The number of hydrogen-bond acceptors (Lipinski definition) is 4. The van der Waals surface area contributed by atoms with Crippen molar-refractivity contribution in [3.8, 4) is 0 Å². The van der Waals surface area contributed by atoms with Gasteiger partial charge in [-0.2, -0.15) is 0 Å². The van der Waals surface area contributed by atoms with Gasteiger partial charge in [-0.1, -0.05) is 13.3 Å². The van der Waals surface area contributed by atoms with E-state index < -0.39 is 11.5 Å². The lowest BCUT2D eigenvalue weighted by atomic mass is 9.75. The largest absolute Gasteiger partial charge is 0.480 e. The van der Waals surface area contributed by atoms with Gasteiger partial charge in [0.25, 0.3) is 0 Å². The van der Waals surface area contributed by atoms with Crippen LogP contribution in [0.25, 0.3) is 0 Å². The molecule has 0 aromatic heterocycles. The van der Waals surface area contributed by atoms with Crippen molar-refractivity contribution in [2.75, 3.05) is 20.3 Å². The number of carbonyl (C=O) groups is 2. The first kappa shape index (κ1) is 16.2. The first-order chi connectivity index (χ1) is 10.0. The van der Waals surface area contributed by atoms with Crippen LogP contribution in [0.5, 0.6) is 0 Å². The second-order valence-electron chi connectivity index (χ2n) is 6.27. The first-order valence-electron chi connectivity index (χ1n) is 7.83. The summed E-state index contributed by atoms with van der Waals surface area (Å²) in [6, 6.07) is -0.0391. The van der Waals surface area contributed by atoms with Crippen LogP contribution in [0.4, 0.5) is 0 Å². The molecule has 2 fully saturated rings. The van der Waals surface area contributed by atoms with Crippen LogP contribution in [-0.4, -0.2) is 48.8 Å². The lowest BCUT2D eigenvalue weighted by Crippen LogP contribution is -2.59. The number of likely N-dealkylation sites (N-methyl/N-ethyl adjacent to an activating group) is 1. The van der Waals surface area contributed by atoms with Crippen LogP contribution >= 0.6 is 0 Å². The van der Waals surface area contributed by atoms with E-state index in [1.807, 2.05) is 0 Å². The second-order valence-corrected chi connectivity index (χ2v) is 6.27. The van der Waals surface area contributed by atoms with Gasteiger partial charge in [0.05, 0.1) is 19.1 Å². The fourth-order valence-electron chi connectivity index (χ4n) is 3.40. The Bertz CT molecular complexity index is 391. The van der Waals surface area contributed by atoms with Gasteiger partial charge in [0, 0.05) is 6.04 Å². The number of aliphatic carboxylic acids is 1. The highest BCUT2D eigenvalue weighted by molar-refractivity contribution is 5.88. The molecule has 0 bridgehead atoms. The zero-order chi connectivity index (χ0) is 15.5. The quantitative estimate of drug-likeness (QED) is 0.697. The van der Waals surface area contributed by atoms with Gasteiger partial charge in [-0.05, 0) is 38.6 Å². The maximum Gasteiger partial charge on any atom is 0.329 e. The number of ether oxygens (including phenoxy) is 1. The molecular weight excluding hydrogens is 272 g/mol. The molecule has 1 amide bonds. The summed E-state index contributed by atoms with van der Waals surface area (Å²) >= 11 is 0. The monoisotopic (exact) mass is 298 g/mol. The van der Waals surface area contributed by atoms with Crippen LogP contribution in [-0.2, 0) is 14.3 Å². The minimum atomic E-state index is -1.09. The molecule has 0 spiro atoms. The Morgan fingerprint density at radius 3 is 2.48 bits per heavy atom. The van der Waals surface area contributed by atoms with Gasteiger partial charge >= 0.3 is 5.97 Å². The average molecular weight is 298 g/mol. The maximum atomic E-state index is 12.4. The molecule has 2 unspecified atom stereocenters. The zero-order valence-electron chi connectivity index (χ0n) is 12.9. The van der Waals surface area contributed by atoms with Crippen LogP contribution in [0.1, 0.15) is 39.0 Å². The van der Waals surface area contributed by atoms with E-state index in [1.54, 1.807) is 7.05 Å². The highest BCUT2D eigenvalue weighted by atomic mass is 16.5. The molecule has 0 aromatic carbocycles. The van der Waals surface area contributed by atoms with Crippen molar-refractivity contribution in [3.63, 3.8) is 0 Å². The number of hydrogen-bond donors (Lipinski definition) is 3. The van der Waals surface area contributed by atoms with E-state index in [0.29, 0.717) is 32.0 Å².